The number of hydrogen-bond acceptors (Lipinski definition) is 6. The lowest BCUT2D eigenvalue weighted by atomic mass is 10.2. The van der Waals surface area contributed by atoms with Gasteiger partial charge in [-0.25, -0.2) is 4.79 Å². The average molecular weight is 404 g/mol. The van der Waals surface area contributed by atoms with Gasteiger partial charge in [0, 0.05) is 16.6 Å². The van der Waals surface area contributed by atoms with Crippen molar-refractivity contribution in [2.75, 3.05) is 27.4 Å². The lowest BCUT2D eigenvalue weighted by Crippen LogP contribution is -2.31. The van der Waals surface area contributed by atoms with Gasteiger partial charge >= 0.3 is 5.97 Å². The number of benzene rings is 1. The highest BCUT2D eigenvalue weighted by molar-refractivity contribution is 9.10. The highest BCUT2D eigenvalue weighted by Crippen LogP contribution is 2.32. The fourth-order valence-electron chi connectivity index (χ4n) is 1.48. The third-order valence-corrected chi connectivity index (χ3v) is 3.49. The number of rotatable bonds is 7. The number of ether oxygens (including phenoxy) is 3. The molecule has 0 atom stereocenters. The summed E-state index contributed by atoms with van der Waals surface area (Å²) in [4.78, 5) is 11.1. The van der Waals surface area contributed by atoms with Crippen LogP contribution in [0.4, 0.5) is 0 Å². The SMILES string of the molecule is CCNC(=S)N/N=C\c1cc(OC)c(OCC(=O)OC)cc1Br. The van der Waals surface area contributed by atoms with Crippen molar-refractivity contribution >= 4 is 45.4 Å². The minimum absolute atomic E-state index is 0.203. The highest BCUT2D eigenvalue weighted by Gasteiger charge is 2.11. The van der Waals surface area contributed by atoms with Crippen LogP contribution in [0.3, 0.4) is 0 Å². The Labute approximate surface area is 148 Å². The van der Waals surface area contributed by atoms with E-state index in [4.69, 9.17) is 21.7 Å². The van der Waals surface area contributed by atoms with E-state index in [2.05, 4.69) is 36.5 Å². The molecule has 0 heterocycles. The molecule has 0 fully saturated rings. The van der Waals surface area contributed by atoms with E-state index in [1.165, 1.54) is 14.2 Å². The van der Waals surface area contributed by atoms with E-state index >= 15 is 0 Å². The molecule has 126 valence electrons. The van der Waals surface area contributed by atoms with Crippen molar-refractivity contribution in [2.24, 2.45) is 5.10 Å². The summed E-state index contributed by atoms with van der Waals surface area (Å²) in [6.45, 7) is 2.45. The second-order valence-electron chi connectivity index (χ2n) is 4.12. The van der Waals surface area contributed by atoms with Gasteiger partial charge in [0.25, 0.3) is 0 Å². The summed E-state index contributed by atoms with van der Waals surface area (Å²) in [6.07, 6.45) is 1.58. The van der Waals surface area contributed by atoms with Crippen molar-refractivity contribution in [1.29, 1.82) is 0 Å². The number of nitrogens with one attached hydrogen (secondary N) is 2. The number of thiocarbonyl (C=S) groups is 1. The molecule has 9 heteroatoms. The van der Waals surface area contributed by atoms with Crippen molar-refractivity contribution in [3.63, 3.8) is 0 Å². The molecule has 0 radical (unpaired) electrons. The normalized spacial score (nSPS) is 10.3. The Kier molecular flexibility index (Phi) is 8.35. The molecule has 23 heavy (non-hydrogen) atoms. The van der Waals surface area contributed by atoms with Gasteiger partial charge in [-0.2, -0.15) is 5.10 Å². The molecule has 2 N–H and O–H groups in total. The number of hydrazone groups is 1. The van der Waals surface area contributed by atoms with Gasteiger partial charge in [0.15, 0.2) is 23.2 Å². The first-order valence-electron chi connectivity index (χ1n) is 6.65. The Bertz CT molecular complexity index is 596. The van der Waals surface area contributed by atoms with E-state index in [-0.39, 0.29) is 6.61 Å². The molecule has 0 aliphatic rings. The predicted octanol–water partition coefficient (Wildman–Crippen LogP) is 1.83. The largest absolute Gasteiger partial charge is 0.493 e. The molecule has 0 aliphatic heterocycles. The molecule has 0 unspecified atom stereocenters. The summed E-state index contributed by atoms with van der Waals surface area (Å²) >= 11 is 8.42. The van der Waals surface area contributed by atoms with Crippen LogP contribution in [0.5, 0.6) is 11.5 Å². The van der Waals surface area contributed by atoms with Gasteiger partial charge in [0.05, 0.1) is 20.4 Å². The molecule has 1 rings (SSSR count). The molecular formula is C14H18BrN3O4S. The van der Waals surface area contributed by atoms with Crippen molar-refractivity contribution in [3.8, 4) is 11.5 Å². The Morgan fingerprint density at radius 1 is 1.39 bits per heavy atom. The van der Waals surface area contributed by atoms with Crippen LogP contribution in [0.1, 0.15) is 12.5 Å². The molecule has 0 bridgehead atoms. The summed E-state index contributed by atoms with van der Waals surface area (Å²) < 4.78 is 15.9. The maximum absolute atomic E-state index is 11.1. The lowest BCUT2D eigenvalue weighted by Gasteiger charge is -2.12. The van der Waals surface area contributed by atoms with Gasteiger partial charge in [0.1, 0.15) is 0 Å². The highest BCUT2D eigenvalue weighted by atomic mass is 79.9. The fourth-order valence-corrected chi connectivity index (χ4v) is 2.10. The first-order valence-corrected chi connectivity index (χ1v) is 7.86. The van der Waals surface area contributed by atoms with E-state index in [1.807, 2.05) is 6.92 Å². The Morgan fingerprint density at radius 2 is 2.13 bits per heavy atom. The molecular weight excluding hydrogens is 386 g/mol. The molecule has 0 saturated heterocycles. The van der Waals surface area contributed by atoms with Crippen LogP contribution in [0, 0.1) is 0 Å². The minimum Gasteiger partial charge on any atom is -0.493 e. The number of carbonyl (C=O) groups is 1. The minimum atomic E-state index is -0.477. The van der Waals surface area contributed by atoms with E-state index < -0.39 is 5.97 Å². The molecule has 0 saturated carbocycles. The summed E-state index contributed by atoms with van der Waals surface area (Å²) in [5, 5.41) is 7.39. The molecule has 0 aromatic heterocycles. The Balaban J connectivity index is 2.84. The van der Waals surface area contributed by atoms with Crippen LogP contribution in [-0.2, 0) is 9.53 Å². The topological polar surface area (TPSA) is 81.2 Å². The first-order chi connectivity index (χ1) is 11.0. The van der Waals surface area contributed by atoms with Gasteiger partial charge in [0.2, 0.25) is 0 Å². The molecule has 1 aromatic rings. The standard InChI is InChI=1S/C14H18BrN3O4S/c1-4-16-14(23)18-17-7-9-5-11(20-2)12(6-10(9)15)22-8-13(19)21-3/h5-7H,4,8H2,1-3H3,(H2,16,18,23)/b17-7-. The maximum atomic E-state index is 11.1. The molecule has 0 spiro atoms. The number of halogens is 1. The second kappa shape index (κ2) is 10.0. The summed E-state index contributed by atoms with van der Waals surface area (Å²) in [6, 6.07) is 3.41. The van der Waals surface area contributed by atoms with Crippen molar-refractivity contribution in [1.82, 2.24) is 10.7 Å². The van der Waals surface area contributed by atoms with Crippen molar-refractivity contribution in [2.45, 2.75) is 6.92 Å². The number of nitrogens with zero attached hydrogens (tertiary/aromatic N) is 1. The van der Waals surface area contributed by atoms with E-state index in [0.29, 0.717) is 23.2 Å². The van der Waals surface area contributed by atoms with Crippen molar-refractivity contribution < 1.29 is 19.0 Å². The zero-order valence-electron chi connectivity index (χ0n) is 13.0. The summed E-state index contributed by atoms with van der Waals surface area (Å²) in [5.41, 5.74) is 3.44. The van der Waals surface area contributed by atoms with E-state index in [9.17, 15) is 4.79 Å². The van der Waals surface area contributed by atoms with Crippen LogP contribution >= 0.6 is 28.1 Å². The third-order valence-electron chi connectivity index (χ3n) is 2.56. The van der Waals surface area contributed by atoms with Gasteiger partial charge in [-0.05, 0) is 47.2 Å². The van der Waals surface area contributed by atoms with Crippen LogP contribution in [0.15, 0.2) is 21.7 Å². The van der Waals surface area contributed by atoms with Gasteiger partial charge < -0.3 is 19.5 Å². The van der Waals surface area contributed by atoms with Gasteiger partial charge in [-0.1, -0.05) is 0 Å². The summed E-state index contributed by atoms with van der Waals surface area (Å²) in [7, 11) is 2.80. The number of methoxy groups -OCH3 is 2. The monoisotopic (exact) mass is 403 g/mol. The van der Waals surface area contributed by atoms with Crippen LogP contribution < -0.4 is 20.2 Å². The third kappa shape index (κ3) is 6.41. The van der Waals surface area contributed by atoms with Gasteiger partial charge in [-0.3, -0.25) is 5.43 Å². The molecule has 0 aliphatic carbocycles. The molecule has 1 aromatic carbocycles. The summed E-state index contributed by atoms with van der Waals surface area (Å²) in [5.74, 6) is 0.404. The Morgan fingerprint density at radius 3 is 2.74 bits per heavy atom. The van der Waals surface area contributed by atoms with Crippen molar-refractivity contribution in [3.05, 3.63) is 22.2 Å². The quantitative estimate of drug-likeness (QED) is 0.311. The van der Waals surface area contributed by atoms with E-state index in [1.54, 1.807) is 18.3 Å². The molecule has 0 amide bonds. The lowest BCUT2D eigenvalue weighted by molar-refractivity contribution is -0.142. The number of carbonyl (C=O) groups excluding carboxylic acids is 1. The zero-order valence-corrected chi connectivity index (χ0v) is 15.4. The van der Waals surface area contributed by atoms with E-state index in [0.717, 1.165) is 10.0 Å². The zero-order chi connectivity index (χ0) is 17.2. The predicted molar refractivity (Wildman–Crippen MR) is 95.2 cm³/mol. The molecule has 7 nitrogen and oxygen atoms in total. The second-order valence-corrected chi connectivity index (χ2v) is 5.38. The first kappa shape index (κ1) is 19.2. The van der Waals surface area contributed by atoms with Gasteiger partial charge in [-0.15, -0.1) is 0 Å². The smallest absolute Gasteiger partial charge is 0.343 e. The fraction of sp³-hybridized carbons (Fsp3) is 0.357. The number of hydrogen-bond donors (Lipinski definition) is 2. The number of esters is 1. The van der Waals surface area contributed by atoms with Crippen LogP contribution in [0.2, 0.25) is 0 Å². The van der Waals surface area contributed by atoms with Crippen LogP contribution in [0.25, 0.3) is 0 Å². The maximum Gasteiger partial charge on any atom is 0.343 e. The van der Waals surface area contributed by atoms with Crippen LogP contribution in [-0.4, -0.2) is 44.7 Å². The average Bonchev–Trinajstić information content (AvgIpc) is 2.54. The Hall–Kier alpha value is -1.87.